The van der Waals surface area contributed by atoms with Crippen molar-refractivity contribution in [3.8, 4) is 0 Å². The highest BCUT2D eigenvalue weighted by molar-refractivity contribution is 7.08. The second kappa shape index (κ2) is 7.41. The first kappa shape index (κ1) is 13.2. The molecule has 0 aliphatic rings. The summed E-state index contributed by atoms with van der Waals surface area (Å²) in [7, 11) is 0. The number of carbonyl (C=O) groups is 1. The molecule has 0 fully saturated rings. The molecule has 1 heterocycles. The molecule has 1 aromatic heterocycles. The van der Waals surface area contributed by atoms with Crippen molar-refractivity contribution in [1.29, 1.82) is 0 Å². The van der Waals surface area contributed by atoms with Gasteiger partial charge in [-0.15, -0.1) is 0 Å². The molecule has 16 heavy (non-hydrogen) atoms. The average molecular weight is 240 g/mol. The molecular formula is C12H20N2OS. The summed E-state index contributed by atoms with van der Waals surface area (Å²) in [6, 6.07) is 0. The number of nitrogens with one attached hydrogen (secondary N) is 1. The van der Waals surface area contributed by atoms with Crippen LogP contribution in [0.1, 0.15) is 36.8 Å². The summed E-state index contributed by atoms with van der Waals surface area (Å²) in [6.07, 6.45) is 3.60. The SMILES string of the molecule is Cc1cscc1CNC(=O)CCCCCN. The smallest absolute Gasteiger partial charge is 0.220 e. The lowest BCUT2D eigenvalue weighted by Gasteiger charge is -2.04. The van der Waals surface area contributed by atoms with Crippen LogP contribution >= 0.6 is 11.3 Å². The molecule has 0 radical (unpaired) electrons. The lowest BCUT2D eigenvalue weighted by Crippen LogP contribution is -2.22. The third-order valence-electron chi connectivity index (χ3n) is 2.55. The van der Waals surface area contributed by atoms with Gasteiger partial charge in [0.1, 0.15) is 0 Å². The number of rotatable bonds is 7. The van der Waals surface area contributed by atoms with Gasteiger partial charge in [-0.05, 0) is 48.2 Å². The van der Waals surface area contributed by atoms with Crippen molar-refractivity contribution >= 4 is 17.2 Å². The van der Waals surface area contributed by atoms with Crippen molar-refractivity contribution in [3.05, 3.63) is 21.9 Å². The molecule has 0 aromatic carbocycles. The van der Waals surface area contributed by atoms with E-state index in [1.165, 1.54) is 11.1 Å². The number of nitrogens with two attached hydrogens (primary N) is 1. The maximum absolute atomic E-state index is 11.5. The molecular weight excluding hydrogens is 220 g/mol. The summed E-state index contributed by atoms with van der Waals surface area (Å²) < 4.78 is 0. The van der Waals surface area contributed by atoms with Crippen LogP contribution in [0.4, 0.5) is 0 Å². The van der Waals surface area contributed by atoms with E-state index in [0.717, 1.165) is 25.8 Å². The van der Waals surface area contributed by atoms with E-state index in [4.69, 9.17) is 5.73 Å². The first-order chi connectivity index (χ1) is 7.74. The fourth-order valence-corrected chi connectivity index (χ4v) is 2.31. The zero-order chi connectivity index (χ0) is 11.8. The van der Waals surface area contributed by atoms with E-state index in [9.17, 15) is 4.79 Å². The minimum atomic E-state index is 0.141. The summed E-state index contributed by atoms with van der Waals surface area (Å²) in [6.45, 7) is 3.44. The van der Waals surface area contributed by atoms with Crippen molar-refractivity contribution < 1.29 is 4.79 Å². The Labute approximate surface area is 101 Å². The predicted molar refractivity (Wildman–Crippen MR) is 68.4 cm³/mol. The number of carbonyl (C=O) groups excluding carboxylic acids is 1. The lowest BCUT2D eigenvalue weighted by molar-refractivity contribution is -0.121. The van der Waals surface area contributed by atoms with Crippen LogP contribution in [0.3, 0.4) is 0 Å². The first-order valence-corrected chi connectivity index (χ1v) is 6.66. The molecule has 0 bridgehead atoms. The summed E-state index contributed by atoms with van der Waals surface area (Å²) in [5.41, 5.74) is 7.87. The molecule has 0 spiro atoms. The topological polar surface area (TPSA) is 55.1 Å². The summed E-state index contributed by atoms with van der Waals surface area (Å²) in [4.78, 5) is 11.5. The maximum atomic E-state index is 11.5. The molecule has 0 saturated carbocycles. The van der Waals surface area contributed by atoms with E-state index in [0.29, 0.717) is 13.0 Å². The number of aryl methyl sites for hydroxylation is 1. The minimum absolute atomic E-state index is 0.141. The van der Waals surface area contributed by atoms with Gasteiger partial charge in [0.25, 0.3) is 0 Å². The van der Waals surface area contributed by atoms with Crippen molar-refractivity contribution in [2.24, 2.45) is 5.73 Å². The maximum Gasteiger partial charge on any atom is 0.220 e. The van der Waals surface area contributed by atoms with Gasteiger partial charge in [-0.3, -0.25) is 4.79 Å². The van der Waals surface area contributed by atoms with Gasteiger partial charge >= 0.3 is 0 Å². The van der Waals surface area contributed by atoms with Crippen LogP contribution in [0.5, 0.6) is 0 Å². The predicted octanol–water partition coefficient (Wildman–Crippen LogP) is 2.19. The van der Waals surface area contributed by atoms with Crippen LogP contribution in [-0.4, -0.2) is 12.5 Å². The van der Waals surface area contributed by atoms with Crippen molar-refractivity contribution in [3.63, 3.8) is 0 Å². The van der Waals surface area contributed by atoms with E-state index >= 15 is 0 Å². The van der Waals surface area contributed by atoms with E-state index in [-0.39, 0.29) is 5.91 Å². The molecule has 4 heteroatoms. The Hall–Kier alpha value is -0.870. The van der Waals surface area contributed by atoms with E-state index in [2.05, 4.69) is 23.0 Å². The summed E-state index contributed by atoms with van der Waals surface area (Å²) >= 11 is 1.68. The minimum Gasteiger partial charge on any atom is -0.352 e. The Bertz CT molecular complexity index is 323. The van der Waals surface area contributed by atoms with E-state index < -0.39 is 0 Å². The molecule has 1 rings (SSSR count). The quantitative estimate of drug-likeness (QED) is 0.718. The second-order valence-electron chi connectivity index (χ2n) is 3.96. The van der Waals surface area contributed by atoms with Crippen LogP contribution in [0.15, 0.2) is 10.8 Å². The number of thiophene rings is 1. The van der Waals surface area contributed by atoms with Crippen molar-refractivity contribution in [1.82, 2.24) is 5.32 Å². The van der Waals surface area contributed by atoms with Gasteiger partial charge in [0.15, 0.2) is 0 Å². The fraction of sp³-hybridized carbons (Fsp3) is 0.583. The summed E-state index contributed by atoms with van der Waals surface area (Å²) in [5.74, 6) is 0.141. The molecule has 0 unspecified atom stereocenters. The number of hydrogen-bond donors (Lipinski definition) is 2. The fourth-order valence-electron chi connectivity index (χ4n) is 1.46. The zero-order valence-corrected chi connectivity index (χ0v) is 10.6. The second-order valence-corrected chi connectivity index (χ2v) is 4.70. The third-order valence-corrected chi connectivity index (χ3v) is 3.46. The van der Waals surface area contributed by atoms with Gasteiger partial charge < -0.3 is 11.1 Å². The van der Waals surface area contributed by atoms with Gasteiger partial charge in [-0.25, -0.2) is 0 Å². The highest BCUT2D eigenvalue weighted by Crippen LogP contribution is 2.13. The number of amides is 1. The normalized spacial score (nSPS) is 10.4. The number of hydrogen-bond acceptors (Lipinski definition) is 3. The van der Waals surface area contributed by atoms with Crippen LogP contribution in [-0.2, 0) is 11.3 Å². The highest BCUT2D eigenvalue weighted by atomic mass is 32.1. The largest absolute Gasteiger partial charge is 0.352 e. The van der Waals surface area contributed by atoms with Crippen molar-refractivity contribution in [2.75, 3.05) is 6.54 Å². The molecule has 1 aromatic rings. The monoisotopic (exact) mass is 240 g/mol. The van der Waals surface area contributed by atoms with Crippen LogP contribution < -0.4 is 11.1 Å². The van der Waals surface area contributed by atoms with E-state index in [1.807, 2.05) is 0 Å². The lowest BCUT2D eigenvalue weighted by atomic mass is 10.2. The van der Waals surface area contributed by atoms with Gasteiger partial charge in [-0.2, -0.15) is 11.3 Å². The molecule has 3 N–H and O–H groups in total. The Morgan fingerprint density at radius 2 is 2.19 bits per heavy atom. The Kier molecular flexibility index (Phi) is 6.11. The Morgan fingerprint density at radius 1 is 1.38 bits per heavy atom. The van der Waals surface area contributed by atoms with Crippen molar-refractivity contribution in [2.45, 2.75) is 39.2 Å². The zero-order valence-electron chi connectivity index (χ0n) is 9.79. The molecule has 0 saturated heterocycles. The van der Waals surface area contributed by atoms with Crippen LogP contribution in [0.25, 0.3) is 0 Å². The van der Waals surface area contributed by atoms with Gasteiger partial charge in [-0.1, -0.05) is 6.42 Å². The Morgan fingerprint density at radius 3 is 2.81 bits per heavy atom. The molecule has 0 aliphatic heterocycles. The molecule has 0 atom stereocenters. The van der Waals surface area contributed by atoms with Crippen LogP contribution in [0.2, 0.25) is 0 Å². The van der Waals surface area contributed by atoms with Gasteiger partial charge in [0.05, 0.1) is 0 Å². The molecule has 0 aliphatic carbocycles. The third kappa shape index (κ3) is 4.77. The summed E-state index contributed by atoms with van der Waals surface area (Å²) in [5, 5.41) is 7.13. The molecule has 3 nitrogen and oxygen atoms in total. The highest BCUT2D eigenvalue weighted by Gasteiger charge is 2.03. The van der Waals surface area contributed by atoms with E-state index in [1.54, 1.807) is 11.3 Å². The first-order valence-electron chi connectivity index (χ1n) is 5.72. The molecule has 90 valence electrons. The average Bonchev–Trinajstić information content (AvgIpc) is 2.67. The molecule has 1 amide bonds. The van der Waals surface area contributed by atoms with Crippen LogP contribution in [0, 0.1) is 6.92 Å². The van der Waals surface area contributed by atoms with Gasteiger partial charge in [0, 0.05) is 13.0 Å². The Balaban J connectivity index is 2.13. The van der Waals surface area contributed by atoms with Gasteiger partial charge in [0.2, 0.25) is 5.91 Å². The number of unbranched alkanes of at least 4 members (excludes halogenated alkanes) is 2. The standard InChI is InChI=1S/C12H20N2OS/c1-10-8-16-9-11(10)7-14-12(15)5-3-2-4-6-13/h8-9H,2-7,13H2,1H3,(H,14,15).